The van der Waals surface area contributed by atoms with Gasteiger partial charge in [0.25, 0.3) is 0 Å². The van der Waals surface area contributed by atoms with E-state index in [9.17, 15) is 4.79 Å². The van der Waals surface area contributed by atoms with Crippen LogP contribution in [0, 0.1) is 29.6 Å². The average Bonchev–Trinajstić information content (AvgIpc) is 2.49. The van der Waals surface area contributed by atoms with Gasteiger partial charge in [0.2, 0.25) is 0 Å². The SMILES string of the molecule is CC1=CC(C(=O)OC2CC(C)CCC2C(C)C)C(N)(C(C)C)C=C1. The third-order valence-corrected chi connectivity index (χ3v) is 6.09. The summed E-state index contributed by atoms with van der Waals surface area (Å²) in [6.07, 6.45) is 9.37. The molecule has 0 aromatic heterocycles. The lowest BCUT2D eigenvalue weighted by Gasteiger charge is -2.41. The quantitative estimate of drug-likeness (QED) is 0.772. The van der Waals surface area contributed by atoms with Gasteiger partial charge in [-0.25, -0.2) is 0 Å². The van der Waals surface area contributed by atoms with Crippen molar-refractivity contribution >= 4 is 5.97 Å². The third-order valence-electron chi connectivity index (χ3n) is 6.09. The number of nitrogens with two attached hydrogens (primary N) is 1. The maximum absolute atomic E-state index is 13.0. The van der Waals surface area contributed by atoms with Crippen molar-refractivity contribution in [3.63, 3.8) is 0 Å². The van der Waals surface area contributed by atoms with E-state index in [2.05, 4.69) is 34.6 Å². The molecule has 0 amide bonds. The van der Waals surface area contributed by atoms with Gasteiger partial charge in [-0.2, -0.15) is 0 Å². The summed E-state index contributed by atoms with van der Waals surface area (Å²) in [5.74, 6) is 1.23. The zero-order valence-corrected chi connectivity index (χ0v) is 16.2. The van der Waals surface area contributed by atoms with E-state index in [0.29, 0.717) is 17.8 Å². The molecule has 0 saturated heterocycles. The van der Waals surface area contributed by atoms with Crippen molar-refractivity contribution in [2.24, 2.45) is 35.3 Å². The van der Waals surface area contributed by atoms with Gasteiger partial charge >= 0.3 is 5.97 Å². The number of allylic oxidation sites excluding steroid dienone is 2. The average molecular weight is 334 g/mol. The van der Waals surface area contributed by atoms with Gasteiger partial charge in [0, 0.05) is 0 Å². The van der Waals surface area contributed by atoms with Crippen molar-refractivity contribution in [2.45, 2.75) is 72.4 Å². The van der Waals surface area contributed by atoms with Crippen molar-refractivity contribution in [1.82, 2.24) is 0 Å². The lowest BCUT2D eigenvalue weighted by atomic mass is 9.72. The molecule has 1 fully saturated rings. The second-order valence-electron chi connectivity index (χ2n) is 8.68. The Hall–Kier alpha value is -1.09. The molecule has 0 aliphatic heterocycles. The van der Waals surface area contributed by atoms with Gasteiger partial charge in [-0.15, -0.1) is 0 Å². The molecule has 24 heavy (non-hydrogen) atoms. The summed E-state index contributed by atoms with van der Waals surface area (Å²) in [7, 11) is 0. The molecule has 3 heteroatoms. The van der Waals surface area contributed by atoms with Gasteiger partial charge in [-0.05, 0) is 43.4 Å². The molecule has 1 saturated carbocycles. The Morgan fingerprint density at radius 1 is 1.29 bits per heavy atom. The molecule has 5 unspecified atom stereocenters. The van der Waals surface area contributed by atoms with E-state index in [4.69, 9.17) is 10.5 Å². The van der Waals surface area contributed by atoms with Crippen LogP contribution in [0.3, 0.4) is 0 Å². The van der Waals surface area contributed by atoms with Gasteiger partial charge in [0.1, 0.15) is 6.10 Å². The minimum Gasteiger partial charge on any atom is -0.462 e. The normalized spacial score (nSPS) is 36.8. The highest BCUT2D eigenvalue weighted by atomic mass is 16.5. The van der Waals surface area contributed by atoms with Gasteiger partial charge in [0.15, 0.2) is 0 Å². The molecule has 0 aromatic rings. The van der Waals surface area contributed by atoms with Crippen LogP contribution >= 0.6 is 0 Å². The topological polar surface area (TPSA) is 52.3 Å². The fraction of sp³-hybridized carbons (Fsp3) is 0.762. The van der Waals surface area contributed by atoms with E-state index in [-0.39, 0.29) is 18.0 Å². The molecule has 0 aromatic carbocycles. The highest BCUT2D eigenvalue weighted by Gasteiger charge is 2.43. The Kier molecular flexibility index (Phi) is 5.95. The van der Waals surface area contributed by atoms with E-state index < -0.39 is 11.5 Å². The number of hydrogen-bond donors (Lipinski definition) is 1. The van der Waals surface area contributed by atoms with E-state index in [0.717, 1.165) is 18.4 Å². The van der Waals surface area contributed by atoms with Crippen LogP contribution in [0.4, 0.5) is 0 Å². The van der Waals surface area contributed by atoms with Crippen molar-refractivity contribution < 1.29 is 9.53 Å². The van der Waals surface area contributed by atoms with E-state index in [1.54, 1.807) is 0 Å². The summed E-state index contributed by atoms with van der Waals surface area (Å²) in [6, 6.07) is 0. The standard InChI is InChI=1S/C21H35NO2/c1-13(2)17-8-7-15(5)12-19(17)24-20(23)18-11-16(6)9-10-21(18,22)14(3)4/h9-11,13-15,17-19H,7-8,12,22H2,1-6H3. The van der Waals surface area contributed by atoms with Crippen LogP contribution in [0.15, 0.2) is 23.8 Å². The molecular formula is C21H35NO2. The second-order valence-corrected chi connectivity index (χ2v) is 8.68. The molecule has 0 spiro atoms. The summed E-state index contributed by atoms with van der Waals surface area (Å²) in [5.41, 5.74) is 7.02. The van der Waals surface area contributed by atoms with Crippen LogP contribution in [0.25, 0.3) is 0 Å². The number of rotatable bonds is 4. The summed E-state index contributed by atoms with van der Waals surface area (Å²) in [4.78, 5) is 13.0. The maximum Gasteiger partial charge on any atom is 0.315 e. The van der Waals surface area contributed by atoms with Crippen molar-refractivity contribution in [2.75, 3.05) is 0 Å². The van der Waals surface area contributed by atoms with E-state index >= 15 is 0 Å². The molecular weight excluding hydrogens is 298 g/mol. The molecule has 0 bridgehead atoms. The molecule has 2 aliphatic rings. The monoisotopic (exact) mass is 333 g/mol. The van der Waals surface area contributed by atoms with E-state index in [1.807, 2.05) is 25.2 Å². The number of carbonyl (C=O) groups excluding carboxylic acids is 1. The van der Waals surface area contributed by atoms with Gasteiger partial charge in [-0.1, -0.05) is 64.8 Å². The molecule has 2 N–H and O–H groups in total. The molecule has 0 heterocycles. The van der Waals surface area contributed by atoms with Crippen LogP contribution in [-0.2, 0) is 9.53 Å². The smallest absolute Gasteiger partial charge is 0.315 e. The molecule has 2 rings (SSSR count). The van der Waals surface area contributed by atoms with Crippen LogP contribution in [0.1, 0.15) is 60.8 Å². The molecule has 3 nitrogen and oxygen atoms in total. The molecule has 136 valence electrons. The first-order valence-corrected chi connectivity index (χ1v) is 9.52. The Labute approximate surface area is 147 Å². The minimum atomic E-state index is -0.662. The summed E-state index contributed by atoms with van der Waals surface area (Å²) in [6.45, 7) is 12.9. The third kappa shape index (κ3) is 3.93. The van der Waals surface area contributed by atoms with Crippen LogP contribution in [0.5, 0.6) is 0 Å². The van der Waals surface area contributed by atoms with Crippen molar-refractivity contribution in [3.8, 4) is 0 Å². The van der Waals surface area contributed by atoms with Crippen LogP contribution in [-0.4, -0.2) is 17.6 Å². The fourth-order valence-corrected chi connectivity index (χ4v) is 4.14. The number of esters is 1. The zero-order valence-electron chi connectivity index (χ0n) is 16.2. The maximum atomic E-state index is 13.0. The Bertz CT molecular complexity index is 520. The first-order chi connectivity index (χ1) is 11.1. The summed E-state index contributed by atoms with van der Waals surface area (Å²) in [5, 5.41) is 0. The minimum absolute atomic E-state index is 0.0253. The predicted octanol–water partition coefficient (Wildman–Crippen LogP) is 4.48. The van der Waals surface area contributed by atoms with Crippen molar-refractivity contribution in [3.05, 3.63) is 23.8 Å². The summed E-state index contributed by atoms with van der Waals surface area (Å²) < 4.78 is 6.07. The first-order valence-electron chi connectivity index (χ1n) is 9.52. The molecule has 5 atom stereocenters. The fourth-order valence-electron chi connectivity index (χ4n) is 4.14. The van der Waals surface area contributed by atoms with Gasteiger partial charge in [-0.3, -0.25) is 4.79 Å². The zero-order chi connectivity index (χ0) is 18.1. The Balaban J connectivity index is 2.18. The summed E-state index contributed by atoms with van der Waals surface area (Å²) >= 11 is 0. The Morgan fingerprint density at radius 3 is 2.54 bits per heavy atom. The Morgan fingerprint density at radius 2 is 1.96 bits per heavy atom. The molecule has 0 radical (unpaired) electrons. The first kappa shape index (κ1) is 19.2. The largest absolute Gasteiger partial charge is 0.462 e. The number of hydrogen-bond acceptors (Lipinski definition) is 3. The molecule has 2 aliphatic carbocycles. The van der Waals surface area contributed by atoms with Gasteiger partial charge < -0.3 is 10.5 Å². The second kappa shape index (κ2) is 7.43. The number of carbonyl (C=O) groups is 1. The predicted molar refractivity (Wildman–Crippen MR) is 99.4 cm³/mol. The van der Waals surface area contributed by atoms with Gasteiger partial charge in [0.05, 0.1) is 11.5 Å². The highest BCUT2D eigenvalue weighted by Crippen LogP contribution is 2.38. The number of ether oxygens (including phenoxy) is 1. The van der Waals surface area contributed by atoms with Crippen LogP contribution in [0.2, 0.25) is 0 Å². The lowest BCUT2D eigenvalue weighted by Crippen LogP contribution is -2.54. The van der Waals surface area contributed by atoms with E-state index in [1.165, 1.54) is 6.42 Å². The highest BCUT2D eigenvalue weighted by molar-refractivity contribution is 5.78. The van der Waals surface area contributed by atoms with Crippen LogP contribution < -0.4 is 5.73 Å². The van der Waals surface area contributed by atoms with Crippen molar-refractivity contribution in [1.29, 1.82) is 0 Å². The lowest BCUT2D eigenvalue weighted by molar-refractivity contribution is -0.161.